The van der Waals surface area contributed by atoms with E-state index in [1.54, 1.807) is 0 Å². The summed E-state index contributed by atoms with van der Waals surface area (Å²) in [6, 6.07) is -0.0310. The lowest BCUT2D eigenvalue weighted by atomic mass is 10.2. The van der Waals surface area contributed by atoms with Crippen LogP contribution in [0.4, 0.5) is 11.6 Å². The molecule has 1 unspecified atom stereocenters. The van der Waals surface area contributed by atoms with Crippen molar-refractivity contribution in [3.05, 3.63) is 11.4 Å². The first-order valence-electron chi connectivity index (χ1n) is 7.21. The number of hydrogen-bond acceptors (Lipinski definition) is 6. The average Bonchev–Trinajstić information content (AvgIpc) is 2.49. The molecule has 2 heterocycles. The van der Waals surface area contributed by atoms with Crippen molar-refractivity contribution in [1.29, 1.82) is 0 Å². The molecular formula is C14H24N4O2. The summed E-state index contributed by atoms with van der Waals surface area (Å²) in [4.78, 5) is 11.4. The summed E-state index contributed by atoms with van der Waals surface area (Å²) in [6.45, 7) is 6.16. The van der Waals surface area contributed by atoms with Crippen molar-refractivity contribution in [2.24, 2.45) is 0 Å². The summed E-state index contributed by atoms with van der Waals surface area (Å²) in [5, 5.41) is 12.7. The molecule has 1 aliphatic heterocycles. The largest absolute Gasteiger partial charge is 0.394 e. The lowest BCUT2D eigenvalue weighted by Gasteiger charge is -2.36. The zero-order valence-electron chi connectivity index (χ0n) is 12.5. The van der Waals surface area contributed by atoms with Gasteiger partial charge in [0.1, 0.15) is 17.5 Å². The summed E-state index contributed by atoms with van der Waals surface area (Å²) in [5.41, 5.74) is 1.02. The number of aromatic nitrogens is 2. The van der Waals surface area contributed by atoms with Crippen molar-refractivity contribution in [2.75, 3.05) is 43.6 Å². The second-order valence-corrected chi connectivity index (χ2v) is 5.04. The number of aliphatic hydroxyl groups is 1. The van der Waals surface area contributed by atoms with Crippen molar-refractivity contribution >= 4 is 11.6 Å². The molecule has 0 spiro atoms. The number of anilines is 2. The van der Waals surface area contributed by atoms with E-state index in [2.05, 4.69) is 22.1 Å². The van der Waals surface area contributed by atoms with E-state index in [4.69, 9.17) is 9.72 Å². The molecule has 20 heavy (non-hydrogen) atoms. The van der Waals surface area contributed by atoms with Gasteiger partial charge in [0.15, 0.2) is 0 Å². The van der Waals surface area contributed by atoms with Crippen LogP contribution >= 0.6 is 0 Å². The Morgan fingerprint density at radius 1 is 1.45 bits per heavy atom. The van der Waals surface area contributed by atoms with Crippen LogP contribution in [-0.2, 0) is 11.2 Å². The Labute approximate surface area is 120 Å². The summed E-state index contributed by atoms with van der Waals surface area (Å²) in [6.07, 6.45) is 1.87. The summed E-state index contributed by atoms with van der Waals surface area (Å²) in [7, 11) is 1.87. The smallest absolute Gasteiger partial charge is 0.137 e. The molecular weight excluding hydrogens is 256 g/mol. The van der Waals surface area contributed by atoms with Crippen molar-refractivity contribution in [3.8, 4) is 0 Å². The Morgan fingerprint density at radius 3 is 2.90 bits per heavy atom. The van der Waals surface area contributed by atoms with Crippen molar-refractivity contribution < 1.29 is 9.84 Å². The van der Waals surface area contributed by atoms with Gasteiger partial charge in [-0.3, -0.25) is 0 Å². The zero-order chi connectivity index (χ0) is 14.5. The van der Waals surface area contributed by atoms with Gasteiger partial charge in [-0.2, -0.15) is 0 Å². The maximum atomic E-state index is 9.53. The highest BCUT2D eigenvalue weighted by Crippen LogP contribution is 2.26. The number of hydrogen-bond donors (Lipinski definition) is 2. The number of aliphatic hydroxyl groups excluding tert-OH is 1. The molecule has 0 amide bonds. The van der Waals surface area contributed by atoms with Gasteiger partial charge in [0.2, 0.25) is 0 Å². The minimum absolute atomic E-state index is 0.0310. The summed E-state index contributed by atoms with van der Waals surface area (Å²) >= 11 is 0. The quantitative estimate of drug-likeness (QED) is 0.838. The zero-order valence-corrected chi connectivity index (χ0v) is 12.5. The molecule has 2 N–H and O–H groups in total. The molecule has 1 aliphatic rings. The third kappa shape index (κ3) is 3.02. The fraction of sp³-hybridized carbons (Fsp3) is 0.714. The fourth-order valence-electron chi connectivity index (χ4n) is 2.49. The monoisotopic (exact) mass is 280 g/mol. The highest BCUT2D eigenvalue weighted by Gasteiger charge is 2.26. The van der Waals surface area contributed by atoms with E-state index in [1.807, 2.05) is 14.0 Å². The second-order valence-electron chi connectivity index (χ2n) is 5.04. The number of nitrogens with zero attached hydrogens (tertiary/aromatic N) is 3. The van der Waals surface area contributed by atoms with Crippen LogP contribution in [0.2, 0.25) is 0 Å². The lowest BCUT2D eigenvalue weighted by molar-refractivity contribution is 0.0722. The second kappa shape index (κ2) is 6.85. The van der Waals surface area contributed by atoms with Crippen molar-refractivity contribution in [1.82, 2.24) is 9.97 Å². The minimum atomic E-state index is -0.0310. The van der Waals surface area contributed by atoms with Gasteiger partial charge in [-0.05, 0) is 13.3 Å². The number of nitrogens with one attached hydrogen (secondary N) is 1. The number of aryl methyl sites for hydroxylation is 1. The van der Waals surface area contributed by atoms with Crippen LogP contribution < -0.4 is 10.2 Å². The third-order valence-electron chi connectivity index (χ3n) is 3.59. The van der Waals surface area contributed by atoms with Gasteiger partial charge in [-0.25, -0.2) is 9.97 Å². The predicted octanol–water partition coefficient (Wildman–Crippen LogP) is 0.977. The predicted molar refractivity (Wildman–Crippen MR) is 79.3 cm³/mol. The normalized spacial score (nSPS) is 19.2. The SMILES string of the molecule is CCCc1nc(NC)c(C)c(N2CCOCC2CO)n1. The van der Waals surface area contributed by atoms with E-state index in [0.29, 0.717) is 13.2 Å². The first-order chi connectivity index (χ1) is 9.71. The van der Waals surface area contributed by atoms with E-state index in [9.17, 15) is 5.11 Å². The van der Waals surface area contributed by atoms with Crippen molar-refractivity contribution in [2.45, 2.75) is 32.7 Å². The standard InChI is InChI=1S/C14H24N4O2/c1-4-5-12-16-13(15-3)10(2)14(17-12)18-6-7-20-9-11(18)8-19/h11,19H,4-9H2,1-3H3,(H,15,16,17). The molecule has 6 nitrogen and oxygen atoms in total. The van der Waals surface area contributed by atoms with Crippen molar-refractivity contribution in [3.63, 3.8) is 0 Å². The van der Waals surface area contributed by atoms with Gasteiger partial charge in [0.05, 0.1) is 25.9 Å². The molecule has 1 saturated heterocycles. The van der Waals surface area contributed by atoms with Gasteiger partial charge in [-0.15, -0.1) is 0 Å². The average molecular weight is 280 g/mol. The Kier molecular flexibility index (Phi) is 5.14. The van der Waals surface area contributed by atoms with Crippen LogP contribution in [-0.4, -0.2) is 54.5 Å². The highest BCUT2D eigenvalue weighted by molar-refractivity contribution is 5.59. The van der Waals surface area contributed by atoms with E-state index in [0.717, 1.165) is 42.4 Å². The Hall–Kier alpha value is -1.40. The number of ether oxygens (including phenoxy) is 1. The van der Waals surface area contributed by atoms with E-state index >= 15 is 0 Å². The van der Waals surface area contributed by atoms with Gasteiger partial charge < -0.3 is 20.1 Å². The first-order valence-corrected chi connectivity index (χ1v) is 7.21. The summed E-state index contributed by atoms with van der Waals surface area (Å²) < 4.78 is 5.44. The Bertz CT molecular complexity index is 453. The van der Waals surface area contributed by atoms with Crippen LogP contribution in [0.5, 0.6) is 0 Å². The van der Waals surface area contributed by atoms with Gasteiger partial charge in [0, 0.05) is 25.6 Å². The molecule has 2 rings (SSSR count). The molecule has 1 aromatic heterocycles. The van der Waals surface area contributed by atoms with Crippen LogP contribution in [0.1, 0.15) is 24.7 Å². The summed E-state index contributed by atoms with van der Waals surface area (Å²) in [5.74, 6) is 2.62. The number of rotatable bonds is 5. The van der Waals surface area contributed by atoms with Gasteiger partial charge >= 0.3 is 0 Å². The van der Waals surface area contributed by atoms with Crippen LogP contribution in [0.25, 0.3) is 0 Å². The van der Waals surface area contributed by atoms with E-state index < -0.39 is 0 Å². The van der Waals surface area contributed by atoms with Crippen LogP contribution in [0.3, 0.4) is 0 Å². The lowest BCUT2D eigenvalue weighted by Crippen LogP contribution is -2.48. The highest BCUT2D eigenvalue weighted by atomic mass is 16.5. The van der Waals surface area contributed by atoms with Crippen LogP contribution in [0, 0.1) is 6.92 Å². The third-order valence-corrected chi connectivity index (χ3v) is 3.59. The molecule has 1 fully saturated rings. The maximum absolute atomic E-state index is 9.53. The first kappa shape index (κ1) is 15.0. The van der Waals surface area contributed by atoms with E-state index in [-0.39, 0.29) is 12.6 Å². The molecule has 0 aromatic carbocycles. The molecule has 1 atom stereocenters. The topological polar surface area (TPSA) is 70.5 Å². The van der Waals surface area contributed by atoms with Crippen LogP contribution in [0.15, 0.2) is 0 Å². The fourth-order valence-corrected chi connectivity index (χ4v) is 2.49. The molecule has 0 saturated carbocycles. The Morgan fingerprint density at radius 2 is 2.25 bits per heavy atom. The molecule has 0 aliphatic carbocycles. The number of morpholine rings is 1. The van der Waals surface area contributed by atoms with E-state index in [1.165, 1.54) is 0 Å². The Balaban J connectivity index is 2.39. The molecule has 0 bridgehead atoms. The minimum Gasteiger partial charge on any atom is -0.394 e. The van der Waals surface area contributed by atoms with Gasteiger partial charge in [-0.1, -0.05) is 6.92 Å². The molecule has 1 aromatic rings. The molecule has 6 heteroatoms. The molecule has 0 radical (unpaired) electrons. The molecule has 112 valence electrons. The van der Waals surface area contributed by atoms with Gasteiger partial charge in [0.25, 0.3) is 0 Å². The maximum Gasteiger partial charge on any atom is 0.137 e.